The van der Waals surface area contributed by atoms with Gasteiger partial charge in [-0.2, -0.15) is 9.49 Å². The van der Waals surface area contributed by atoms with Crippen molar-refractivity contribution in [3.8, 4) is 0 Å². The summed E-state index contributed by atoms with van der Waals surface area (Å²) < 4.78 is 15.6. The van der Waals surface area contributed by atoms with Crippen LogP contribution in [0.3, 0.4) is 0 Å². The highest BCUT2D eigenvalue weighted by Gasteiger charge is 2.23. The molecular formula is C16H19FN4O2. The van der Waals surface area contributed by atoms with Crippen LogP contribution < -0.4 is 0 Å². The molecule has 1 aliphatic rings. The Hall–Kier alpha value is -2.28. The summed E-state index contributed by atoms with van der Waals surface area (Å²) in [6.07, 6.45) is 3.89. The van der Waals surface area contributed by atoms with Crippen molar-refractivity contribution in [3.63, 3.8) is 0 Å². The number of aryl methyl sites for hydroxylation is 1. The highest BCUT2D eigenvalue weighted by Crippen LogP contribution is 2.28. The summed E-state index contributed by atoms with van der Waals surface area (Å²) in [4.78, 5) is 12.2. The number of aromatic nitrogens is 2. The molecule has 0 bridgehead atoms. The molecule has 0 unspecified atom stereocenters. The van der Waals surface area contributed by atoms with Crippen molar-refractivity contribution in [1.82, 2.24) is 14.7 Å². The number of nitro groups is 1. The summed E-state index contributed by atoms with van der Waals surface area (Å²) in [5.74, 6) is -0.260. The molecule has 0 atom stereocenters. The van der Waals surface area contributed by atoms with Crippen LogP contribution in [-0.2, 0) is 13.6 Å². The normalized spacial score (nSPS) is 16.6. The van der Waals surface area contributed by atoms with Crippen LogP contribution in [0.15, 0.2) is 30.5 Å². The number of hydrogen-bond acceptors (Lipinski definition) is 4. The highest BCUT2D eigenvalue weighted by atomic mass is 19.1. The van der Waals surface area contributed by atoms with Crippen LogP contribution >= 0.6 is 0 Å². The van der Waals surface area contributed by atoms with E-state index in [-0.39, 0.29) is 0 Å². The minimum Gasteiger partial charge on any atom is -0.299 e. The maximum Gasteiger partial charge on any atom is 0.304 e. The van der Waals surface area contributed by atoms with Gasteiger partial charge < -0.3 is 0 Å². The van der Waals surface area contributed by atoms with Crippen molar-refractivity contribution in [2.24, 2.45) is 7.05 Å². The molecule has 1 fully saturated rings. The Morgan fingerprint density at radius 1 is 1.35 bits per heavy atom. The van der Waals surface area contributed by atoms with Gasteiger partial charge in [0.1, 0.15) is 0 Å². The smallest absolute Gasteiger partial charge is 0.299 e. The first-order valence-corrected chi connectivity index (χ1v) is 7.67. The third-order valence-corrected chi connectivity index (χ3v) is 4.48. The molecule has 1 saturated heterocycles. The molecule has 0 saturated carbocycles. The second kappa shape index (κ2) is 6.45. The van der Waals surface area contributed by atoms with Gasteiger partial charge in [-0.25, -0.2) is 0 Å². The quantitative estimate of drug-likeness (QED) is 0.642. The molecule has 1 aliphatic heterocycles. The Kier molecular flexibility index (Phi) is 4.38. The number of rotatable bonds is 4. The Balaban J connectivity index is 1.60. The third kappa shape index (κ3) is 3.39. The summed E-state index contributed by atoms with van der Waals surface area (Å²) in [6, 6.07) is 6.21. The van der Waals surface area contributed by atoms with Gasteiger partial charge in [0.25, 0.3) is 0 Å². The van der Waals surface area contributed by atoms with Gasteiger partial charge in [0, 0.05) is 37.5 Å². The van der Waals surface area contributed by atoms with Gasteiger partial charge in [0.05, 0.1) is 4.92 Å². The summed E-state index contributed by atoms with van der Waals surface area (Å²) in [5.41, 5.74) is 1.56. The minimum absolute atomic E-state index is 0.469. The molecule has 2 heterocycles. The van der Waals surface area contributed by atoms with Crippen molar-refractivity contribution in [3.05, 3.63) is 57.7 Å². The molecule has 122 valence electrons. The van der Waals surface area contributed by atoms with Gasteiger partial charge in [-0.3, -0.25) is 19.7 Å². The molecule has 6 nitrogen and oxygen atoms in total. The zero-order valence-electron chi connectivity index (χ0n) is 13.0. The predicted octanol–water partition coefficient (Wildman–Crippen LogP) is 2.85. The fraction of sp³-hybridized carbons (Fsp3) is 0.438. The fourth-order valence-electron chi connectivity index (χ4n) is 3.23. The topological polar surface area (TPSA) is 64.2 Å². The molecular weight excluding hydrogens is 299 g/mol. The lowest BCUT2D eigenvalue weighted by atomic mass is 9.93. The fourth-order valence-corrected chi connectivity index (χ4v) is 3.23. The maximum atomic E-state index is 13.7. The molecule has 3 rings (SSSR count). The van der Waals surface area contributed by atoms with Gasteiger partial charge in [0.2, 0.25) is 5.82 Å². The summed E-state index contributed by atoms with van der Waals surface area (Å²) >= 11 is 0. The molecule has 0 aliphatic carbocycles. The average Bonchev–Trinajstić information content (AvgIpc) is 2.94. The standard InChI is InChI=1S/C16H19FN4O2/c1-19-15(4-7-18-19)13-5-8-20(9-6-13)11-12-2-3-16(21(22)23)14(17)10-12/h2-4,7,10,13H,5-6,8-9,11H2,1H3. The number of nitrogens with zero attached hydrogens (tertiary/aromatic N) is 4. The highest BCUT2D eigenvalue weighted by molar-refractivity contribution is 5.35. The summed E-state index contributed by atoms with van der Waals surface area (Å²) in [7, 11) is 1.96. The molecule has 7 heteroatoms. The lowest BCUT2D eigenvalue weighted by Crippen LogP contribution is -2.33. The van der Waals surface area contributed by atoms with E-state index >= 15 is 0 Å². The Morgan fingerprint density at radius 3 is 2.65 bits per heavy atom. The summed E-state index contributed by atoms with van der Waals surface area (Å²) in [5, 5.41) is 14.9. The number of piperidine rings is 1. The minimum atomic E-state index is -0.766. The number of nitro benzene ring substituents is 1. The van der Waals surface area contributed by atoms with Crippen molar-refractivity contribution in [2.75, 3.05) is 13.1 Å². The van der Waals surface area contributed by atoms with E-state index in [0.717, 1.165) is 31.5 Å². The molecule has 0 N–H and O–H groups in total. The van der Waals surface area contributed by atoms with Crippen molar-refractivity contribution in [2.45, 2.75) is 25.3 Å². The van der Waals surface area contributed by atoms with E-state index in [4.69, 9.17) is 0 Å². The van der Waals surface area contributed by atoms with E-state index in [9.17, 15) is 14.5 Å². The number of benzene rings is 1. The van der Waals surface area contributed by atoms with E-state index in [1.807, 2.05) is 17.9 Å². The van der Waals surface area contributed by atoms with Crippen LogP contribution in [0.4, 0.5) is 10.1 Å². The number of halogens is 1. The van der Waals surface area contributed by atoms with Gasteiger partial charge in [-0.15, -0.1) is 0 Å². The van der Waals surface area contributed by atoms with Crippen LogP contribution in [0.25, 0.3) is 0 Å². The van der Waals surface area contributed by atoms with Crippen LogP contribution in [0.5, 0.6) is 0 Å². The van der Waals surface area contributed by atoms with E-state index in [0.29, 0.717) is 12.5 Å². The first-order valence-electron chi connectivity index (χ1n) is 7.67. The van der Waals surface area contributed by atoms with Gasteiger partial charge >= 0.3 is 5.69 Å². The third-order valence-electron chi connectivity index (χ3n) is 4.48. The molecule has 0 amide bonds. The van der Waals surface area contributed by atoms with E-state index in [1.165, 1.54) is 17.8 Å². The average molecular weight is 318 g/mol. The van der Waals surface area contributed by atoms with Crippen LogP contribution in [-0.4, -0.2) is 32.7 Å². The molecule has 0 radical (unpaired) electrons. The largest absolute Gasteiger partial charge is 0.304 e. The van der Waals surface area contributed by atoms with Crippen molar-refractivity contribution in [1.29, 1.82) is 0 Å². The molecule has 1 aromatic heterocycles. The maximum absolute atomic E-state index is 13.7. The Bertz CT molecular complexity index is 708. The molecule has 2 aromatic rings. The zero-order valence-corrected chi connectivity index (χ0v) is 13.0. The molecule has 23 heavy (non-hydrogen) atoms. The SMILES string of the molecule is Cn1nccc1C1CCN(Cc2ccc([N+](=O)[O-])c(F)c2)CC1. The number of likely N-dealkylation sites (tertiary alicyclic amines) is 1. The van der Waals surface area contributed by atoms with Gasteiger partial charge in [-0.1, -0.05) is 6.07 Å². The van der Waals surface area contributed by atoms with E-state index in [2.05, 4.69) is 16.1 Å². The van der Waals surface area contributed by atoms with E-state index in [1.54, 1.807) is 6.07 Å². The van der Waals surface area contributed by atoms with Crippen LogP contribution in [0, 0.1) is 15.9 Å². The lowest BCUT2D eigenvalue weighted by Gasteiger charge is -2.32. The Morgan fingerprint density at radius 2 is 2.09 bits per heavy atom. The van der Waals surface area contributed by atoms with Gasteiger partial charge in [-0.05, 0) is 43.6 Å². The molecule has 1 aromatic carbocycles. The first-order chi connectivity index (χ1) is 11.0. The monoisotopic (exact) mass is 318 g/mol. The van der Waals surface area contributed by atoms with E-state index < -0.39 is 16.4 Å². The zero-order chi connectivity index (χ0) is 16.4. The number of hydrogen-bond donors (Lipinski definition) is 0. The predicted molar refractivity (Wildman–Crippen MR) is 83.5 cm³/mol. The second-order valence-corrected chi connectivity index (χ2v) is 5.97. The van der Waals surface area contributed by atoms with Crippen molar-refractivity contribution >= 4 is 5.69 Å². The summed E-state index contributed by atoms with van der Waals surface area (Å²) in [6.45, 7) is 2.47. The Labute approximate surface area is 133 Å². The van der Waals surface area contributed by atoms with Crippen LogP contribution in [0.1, 0.15) is 30.0 Å². The lowest BCUT2D eigenvalue weighted by molar-refractivity contribution is -0.387. The second-order valence-electron chi connectivity index (χ2n) is 5.97. The van der Waals surface area contributed by atoms with Crippen molar-refractivity contribution < 1.29 is 9.31 Å². The van der Waals surface area contributed by atoms with Crippen LogP contribution in [0.2, 0.25) is 0 Å². The van der Waals surface area contributed by atoms with Gasteiger partial charge in [0.15, 0.2) is 0 Å². The first kappa shape index (κ1) is 15.6. The molecule has 0 spiro atoms.